The third kappa shape index (κ3) is 1.69. The summed E-state index contributed by atoms with van der Waals surface area (Å²) in [5.74, 6) is 0.417. The van der Waals surface area contributed by atoms with Crippen molar-refractivity contribution in [2.75, 3.05) is 0 Å². The molecule has 3 unspecified atom stereocenters. The predicted octanol–water partition coefficient (Wildman–Crippen LogP) is 1.18. The molecule has 2 aliphatic rings. The van der Waals surface area contributed by atoms with Crippen LogP contribution in [0.2, 0.25) is 0 Å². The number of fused-ring (bicyclic) bond motifs is 1. The van der Waals surface area contributed by atoms with E-state index >= 15 is 0 Å². The van der Waals surface area contributed by atoms with Crippen molar-refractivity contribution in [1.82, 2.24) is 6.15 Å². The summed E-state index contributed by atoms with van der Waals surface area (Å²) in [5.41, 5.74) is 0. The van der Waals surface area contributed by atoms with Crippen LogP contribution >= 0.6 is 0 Å². The molecule has 0 bridgehead atoms. The minimum Gasteiger partial charge on any atom is -0.372 e. The van der Waals surface area contributed by atoms with Crippen molar-refractivity contribution in [2.45, 2.75) is 37.5 Å². The van der Waals surface area contributed by atoms with Crippen LogP contribution in [0.5, 0.6) is 0 Å². The lowest BCUT2D eigenvalue weighted by atomic mass is 10.0. The highest BCUT2D eigenvalue weighted by molar-refractivity contribution is 7.87. The Morgan fingerprint density at radius 1 is 1.33 bits per heavy atom. The highest BCUT2D eigenvalue weighted by atomic mass is 32.2. The highest BCUT2D eigenvalue weighted by Gasteiger charge is 2.65. The Morgan fingerprint density at radius 3 is 2.13 bits per heavy atom. The fourth-order valence-electron chi connectivity index (χ4n) is 3.08. The van der Waals surface area contributed by atoms with Crippen molar-refractivity contribution >= 4 is 10.1 Å². The molecule has 0 heterocycles. The Morgan fingerprint density at radius 2 is 1.80 bits per heavy atom. The summed E-state index contributed by atoms with van der Waals surface area (Å²) >= 11 is 0. The van der Waals surface area contributed by atoms with Gasteiger partial charge in [0.05, 0.1) is 0 Å². The molecule has 5 nitrogen and oxygen atoms in total. The van der Waals surface area contributed by atoms with Crippen molar-refractivity contribution in [1.29, 1.82) is 0 Å². The smallest absolute Gasteiger partial charge is 0.295 e. The maximum absolute atomic E-state index is 11.1. The van der Waals surface area contributed by atoms with E-state index < -0.39 is 15.1 Å². The second-order valence-electron chi connectivity index (χ2n) is 4.46. The molecule has 2 saturated carbocycles. The fourth-order valence-corrected chi connectivity index (χ4v) is 4.14. The molecule has 15 heavy (non-hydrogen) atoms. The first-order chi connectivity index (χ1) is 6.42. The van der Waals surface area contributed by atoms with Crippen LogP contribution in [0.25, 0.3) is 0 Å². The summed E-state index contributed by atoms with van der Waals surface area (Å²) in [5, 5.41) is 9.96. The monoisotopic (exact) mass is 237 g/mol. The molecular formula is C9H19NO4S. The largest absolute Gasteiger partial charge is 0.372 e. The van der Waals surface area contributed by atoms with Gasteiger partial charge in [0.1, 0.15) is 0 Å². The lowest BCUT2D eigenvalue weighted by Gasteiger charge is -2.24. The molecule has 2 fully saturated rings. The average molecular weight is 237 g/mol. The zero-order valence-corrected chi connectivity index (χ0v) is 9.70. The minimum atomic E-state index is -4.34. The zero-order valence-electron chi connectivity index (χ0n) is 8.89. The van der Waals surface area contributed by atoms with E-state index in [0.717, 1.165) is 19.3 Å². The summed E-state index contributed by atoms with van der Waals surface area (Å²) in [7, 11) is -4.34. The van der Waals surface area contributed by atoms with E-state index in [1.165, 1.54) is 0 Å². The van der Waals surface area contributed by atoms with Crippen molar-refractivity contribution in [2.24, 2.45) is 17.8 Å². The van der Waals surface area contributed by atoms with Gasteiger partial charge in [-0.1, -0.05) is 13.3 Å². The van der Waals surface area contributed by atoms with Crippen molar-refractivity contribution in [3.63, 3.8) is 0 Å². The first kappa shape index (κ1) is 12.9. The predicted molar refractivity (Wildman–Crippen MR) is 56.1 cm³/mol. The lowest BCUT2D eigenvalue weighted by molar-refractivity contribution is 0.0729. The molecule has 90 valence electrons. The third-order valence-corrected chi connectivity index (χ3v) is 5.33. The first-order valence-corrected chi connectivity index (χ1v) is 6.55. The molecule has 2 rings (SSSR count). The van der Waals surface area contributed by atoms with Gasteiger partial charge < -0.3 is 11.3 Å². The highest BCUT2D eigenvalue weighted by Crippen LogP contribution is 2.63. The molecule has 0 aromatic rings. The Bertz CT molecular complexity index is 332. The quantitative estimate of drug-likeness (QED) is 0.638. The fraction of sp³-hybridized carbons (Fsp3) is 1.00. The van der Waals surface area contributed by atoms with Gasteiger partial charge in [0.2, 0.25) is 0 Å². The molecule has 3 atom stereocenters. The van der Waals surface area contributed by atoms with Crippen molar-refractivity contribution in [3.8, 4) is 0 Å². The van der Waals surface area contributed by atoms with Gasteiger partial charge in [-0.05, 0) is 31.1 Å². The topological polar surface area (TPSA) is 110 Å². The van der Waals surface area contributed by atoms with Gasteiger partial charge in [-0.25, -0.2) is 0 Å². The van der Waals surface area contributed by atoms with E-state index in [4.69, 9.17) is 4.55 Å². The third-order valence-electron chi connectivity index (χ3n) is 3.88. The molecule has 0 aromatic carbocycles. The van der Waals surface area contributed by atoms with Crippen LogP contribution in [0, 0.1) is 17.8 Å². The Hall–Kier alpha value is -0.170. The van der Waals surface area contributed by atoms with Gasteiger partial charge in [-0.3, -0.25) is 4.55 Å². The minimum absolute atomic E-state index is 0. The maximum Gasteiger partial charge on any atom is 0.295 e. The average Bonchev–Trinajstić information content (AvgIpc) is 2.57. The van der Waals surface area contributed by atoms with E-state index in [0.29, 0.717) is 11.8 Å². The van der Waals surface area contributed by atoms with E-state index in [-0.39, 0.29) is 18.5 Å². The molecule has 2 aliphatic carbocycles. The van der Waals surface area contributed by atoms with Crippen LogP contribution in [0.1, 0.15) is 32.6 Å². The van der Waals surface area contributed by atoms with Crippen LogP contribution < -0.4 is 6.15 Å². The Balaban J connectivity index is 0.00000112. The van der Waals surface area contributed by atoms with Crippen molar-refractivity contribution < 1.29 is 18.1 Å². The van der Waals surface area contributed by atoms with E-state index in [2.05, 4.69) is 0 Å². The SMILES string of the molecule is CCC(O)(C1C2CCCC21)S(=O)(=O)O.N. The number of rotatable bonds is 3. The Labute approximate surface area is 90.2 Å². The molecule has 5 N–H and O–H groups in total. The summed E-state index contributed by atoms with van der Waals surface area (Å²) in [4.78, 5) is -1.89. The van der Waals surface area contributed by atoms with Gasteiger partial charge in [-0.15, -0.1) is 0 Å². The number of hydrogen-bond donors (Lipinski definition) is 3. The van der Waals surface area contributed by atoms with Crippen LogP contribution in [0.3, 0.4) is 0 Å². The van der Waals surface area contributed by atoms with Crippen LogP contribution in [0.15, 0.2) is 0 Å². The Kier molecular flexibility index (Phi) is 3.17. The molecular weight excluding hydrogens is 218 g/mol. The summed E-state index contributed by atoms with van der Waals surface area (Å²) < 4.78 is 31.2. The summed E-state index contributed by atoms with van der Waals surface area (Å²) in [6, 6.07) is 0. The number of aliphatic hydroxyl groups is 1. The van der Waals surface area contributed by atoms with Crippen LogP contribution in [-0.2, 0) is 10.1 Å². The maximum atomic E-state index is 11.1. The van der Waals surface area contributed by atoms with Crippen molar-refractivity contribution in [3.05, 3.63) is 0 Å². The molecule has 0 aromatic heterocycles. The molecule has 0 aliphatic heterocycles. The molecule has 0 radical (unpaired) electrons. The normalized spacial score (nSPS) is 37.7. The first-order valence-electron chi connectivity index (χ1n) is 5.11. The van der Waals surface area contributed by atoms with E-state index in [1.807, 2.05) is 0 Å². The van der Waals surface area contributed by atoms with Crippen LogP contribution in [-0.4, -0.2) is 23.0 Å². The standard InChI is InChI=1S/C9H16O4S.H3N/c1-2-9(10,14(11,12)13)8-6-4-3-5-7(6)8;/h6-8,10H,2-5H2,1H3,(H,11,12,13);1H3. The second kappa shape index (κ2) is 3.69. The van der Waals surface area contributed by atoms with E-state index in [9.17, 15) is 13.5 Å². The van der Waals surface area contributed by atoms with E-state index in [1.54, 1.807) is 6.92 Å². The molecule has 0 amide bonds. The molecule has 0 spiro atoms. The van der Waals surface area contributed by atoms with Gasteiger partial charge in [0.25, 0.3) is 10.1 Å². The molecule has 6 heteroatoms. The zero-order chi connectivity index (χ0) is 10.6. The summed E-state index contributed by atoms with van der Waals surface area (Å²) in [6.07, 6.45) is 3.18. The second-order valence-corrected chi connectivity index (χ2v) is 6.11. The van der Waals surface area contributed by atoms with Gasteiger partial charge in [-0.2, -0.15) is 8.42 Å². The molecule has 0 saturated heterocycles. The van der Waals surface area contributed by atoms with Gasteiger partial charge in [0.15, 0.2) is 4.93 Å². The lowest BCUT2D eigenvalue weighted by Crippen LogP contribution is -2.41. The van der Waals surface area contributed by atoms with Gasteiger partial charge in [0, 0.05) is 5.92 Å². The summed E-state index contributed by atoms with van der Waals surface area (Å²) in [6.45, 7) is 1.60. The number of hydrogen-bond acceptors (Lipinski definition) is 4. The van der Waals surface area contributed by atoms with Crippen LogP contribution in [0.4, 0.5) is 0 Å². The van der Waals surface area contributed by atoms with Gasteiger partial charge >= 0.3 is 0 Å².